The van der Waals surface area contributed by atoms with Crippen LogP contribution in [0.3, 0.4) is 0 Å². The van der Waals surface area contributed by atoms with Gasteiger partial charge in [0.25, 0.3) is 5.91 Å². The molecule has 2 saturated heterocycles. The predicted molar refractivity (Wildman–Crippen MR) is 82.2 cm³/mol. The van der Waals surface area contributed by atoms with Crippen molar-refractivity contribution < 1.29 is 18.3 Å². The highest BCUT2D eigenvalue weighted by atomic mass is 19.1. The van der Waals surface area contributed by atoms with Gasteiger partial charge in [-0.2, -0.15) is 0 Å². The van der Waals surface area contributed by atoms with Crippen molar-refractivity contribution in [2.75, 3.05) is 32.8 Å². The summed E-state index contributed by atoms with van der Waals surface area (Å²) in [6.07, 6.45) is 3.14. The van der Waals surface area contributed by atoms with E-state index in [0.717, 1.165) is 57.7 Å². The Balaban J connectivity index is 1.45. The van der Waals surface area contributed by atoms with Crippen LogP contribution in [0.15, 0.2) is 18.2 Å². The van der Waals surface area contributed by atoms with Crippen LogP contribution >= 0.6 is 0 Å². The van der Waals surface area contributed by atoms with Crippen LogP contribution in [0.4, 0.5) is 8.78 Å². The van der Waals surface area contributed by atoms with Crippen LogP contribution in [0.5, 0.6) is 0 Å². The maximum absolute atomic E-state index is 13.6. The zero-order valence-electron chi connectivity index (χ0n) is 13.1. The molecule has 2 heterocycles. The van der Waals surface area contributed by atoms with Gasteiger partial charge in [0.1, 0.15) is 11.6 Å². The summed E-state index contributed by atoms with van der Waals surface area (Å²) >= 11 is 0. The molecule has 4 nitrogen and oxygen atoms in total. The molecule has 1 N–H and O–H groups in total. The topological polar surface area (TPSA) is 41.6 Å². The third-order valence-electron chi connectivity index (χ3n) is 4.80. The molecule has 6 heteroatoms. The van der Waals surface area contributed by atoms with Crippen molar-refractivity contribution in [1.82, 2.24) is 10.2 Å². The zero-order valence-corrected chi connectivity index (χ0v) is 13.1. The van der Waals surface area contributed by atoms with Gasteiger partial charge >= 0.3 is 0 Å². The molecule has 2 aliphatic rings. The van der Waals surface area contributed by atoms with E-state index in [9.17, 15) is 13.6 Å². The van der Waals surface area contributed by atoms with Gasteiger partial charge in [-0.1, -0.05) is 0 Å². The second-order valence-corrected chi connectivity index (χ2v) is 6.33. The molecule has 0 aliphatic carbocycles. The maximum Gasteiger partial charge on any atom is 0.254 e. The van der Waals surface area contributed by atoms with Crippen molar-refractivity contribution in [2.24, 2.45) is 5.92 Å². The van der Waals surface area contributed by atoms with Gasteiger partial charge < -0.3 is 10.1 Å². The predicted octanol–water partition coefficient (Wildman–Crippen LogP) is 2.20. The van der Waals surface area contributed by atoms with E-state index in [1.54, 1.807) is 0 Å². The number of carbonyl (C=O) groups excluding carboxylic acids is 1. The van der Waals surface area contributed by atoms with E-state index in [0.29, 0.717) is 18.5 Å². The number of ether oxygens (including phenoxy) is 1. The Bertz CT molecular complexity index is 554. The molecular formula is C17H22F2N2O2. The number of benzene rings is 1. The summed E-state index contributed by atoms with van der Waals surface area (Å²) in [6.45, 7) is 4.23. The number of hydrogen-bond donors (Lipinski definition) is 1. The van der Waals surface area contributed by atoms with Crippen molar-refractivity contribution in [3.05, 3.63) is 35.4 Å². The van der Waals surface area contributed by atoms with Crippen LogP contribution in [-0.4, -0.2) is 49.7 Å². The first-order chi connectivity index (χ1) is 11.1. The lowest BCUT2D eigenvalue weighted by Gasteiger charge is -2.35. The van der Waals surface area contributed by atoms with Gasteiger partial charge in [0, 0.05) is 25.3 Å². The number of carbonyl (C=O) groups is 1. The van der Waals surface area contributed by atoms with Crippen molar-refractivity contribution in [3.63, 3.8) is 0 Å². The summed E-state index contributed by atoms with van der Waals surface area (Å²) in [4.78, 5) is 14.5. The Kier molecular flexibility index (Phi) is 5.23. The van der Waals surface area contributed by atoms with E-state index in [-0.39, 0.29) is 5.56 Å². The molecule has 0 aromatic heterocycles. The Morgan fingerprint density at radius 1 is 1.26 bits per heavy atom. The van der Waals surface area contributed by atoms with Crippen LogP contribution < -0.4 is 5.32 Å². The molecule has 0 bridgehead atoms. The summed E-state index contributed by atoms with van der Waals surface area (Å²) in [5.74, 6) is -1.57. The monoisotopic (exact) mass is 324 g/mol. The van der Waals surface area contributed by atoms with E-state index in [4.69, 9.17) is 4.74 Å². The molecule has 3 rings (SSSR count). The first kappa shape index (κ1) is 16.3. The third kappa shape index (κ3) is 4.06. The summed E-state index contributed by atoms with van der Waals surface area (Å²) in [5.41, 5.74) is -0.105. The van der Waals surface area contributed by atoms with E-state index in [2.05, 4.69) is 10.2 Å². The normalized spacial score (nSPS) is 23.1. The molecule has 2 aliphatic heterocycles. The average Bonchev–Trinajstić information content (AvgIpc) is 3.07. The largest absolute Gasteiger partial charge is 0.380 e. The molecule has 0 saturated carbocycles. The SMILES string of the molecule is O=C(NCC1CCN(C2CCOC2)CC1)c1ccc(F)cc1F. The minimum atomic E-state index is -0.821. The summed E-state index contributed by atoms with van der Waals surface area (Å²) in [6, 6.07) is 3.55. The molecule has 126 valence electrons. The average molecular weight is 324 g/mol. The number of piperidine rings is 1. The molecule has 1 aromatic rings. The Labute approximate surface area is 134 Å². The molecule has 1 amide bonds. The number of hydrogen-bond acceptors (Lipinski definition) is 3. The Morgan fingerprint density at radius 3 is 2.70 bits per heavy atom. The highest BCUT2D eigenvalue weighted by molar-refractivity contribution is 5.94. The quantitative estimate of drug-likeness (QED) is 0.923. The lowest BCUT2D eigenvalue weighted by Crippen LogP contribution is -2.44. The van der Waals surface area contributed by atoms with E-state index in [1.807, 2.05) is 0 Å². The number of rotatable bonds is 4. The van der Waals surface area contributed by atoms with Gasteiger partial charge in [-0.05, 0) is 50.4 Å². The van der Waals surface area contributed by atoms with Gasteiger partial charge in [-0.3, -0.25) is 9.69 Å². The van der Waals surface area contributed by atoms with Gasteiger partial charge in [-0.15, -0.1) is 0 Å². The zero-order chi connectivity index (χ0) is 16.2. The van der Waals surface area contributed by atoms with Crippen LogP contribution in [0.25, 0.3) is 0 Å². The Hall–Kier alpha value is -1.53. The lowest BCUT2D eigenvalue weighted by atomic mass is 9.95. The number of nitrogens with one attached hydrogen (secondary N) is 1. The second kappa shape index (κ2) is 7.36. The number of likely N-dealkylation sites (tertiary alicyclic amines) is 1. The molecule has 2 fully saturated rings. The van der Waals surface area contributed by atoms with Crippen LogP contribution in [0.1, 0.15) is 29.6 Å². The van der Waals surface area contributed by atoms with E-state index < -0.39 is 17.5 Å². The maximum atomic E-state index is 13.6. The fourth-order valence-corrected chi connectivity index (χ4v) is 3.34. The van der Waals surface area contributed by atoms with Crippen LogP contribution in [0, 0.1) is 17.6 Å². The highest BCUT2D eigenvalue weighted by Gasteiger charge is 2.27. The lowest BCUT2D eigenvalue weighted by molar-refractivity contribution is 0.0907. The van der Waals surface area contributed by atoms with Crippen molar-refractivity contribution in [1.29, 1.82) is 0 Å². The standard InChI is InChI=1S/C17H22F2N2O2/c18-13-1-2-15(16(19)9-13)17(22)20-10-12-3-6-21(7-4-12)14-5-8-23-11-14/h1-2,9,12,14H,3-8,10-11H2,(H,20,22). The van der Waals surface area contributed by atoms with Gasteiger partial charge in [0.2, 0.25) is 0 Å². The number of nitrogens with zero attached hydrogens (tertiary/aromatic N) is 1. The van der Waals surface area contributed by atoms with Crippen molar-refractivity contribution >= 4 is 5.91 Å². The molecule has 1 unspecified atom stereocenters. The number of amides is 1. The fraction of sp³-hybridized carbons (Fsp3) is 0.588. The van der Waals surface area contributed by atoms with E-state index >= 15 is 0 Å². The smallest absolute Gasteiger partial charge is 0.254 e. The van der Waals surface area contributed by atoms with Crippen LogP contribution in [0.2, 0.25) is 0 Å². The van der Waals surface area contributed by atoms with Gasteiger partial charge in [0.05, 0.1) is 12.2 Å². The second-order valence-electron chi connectivity index (χ2n) is 6.33. The van der Waals surface area contributed by atoms with Gasteiger partial charge in [-0.25, -0.2) is 8.78 Å². The minimum Gasteiger partial charge on any atom is -0.380 e. The molecule has 0 spiro atoms. The first-order valence-electron chi connectivity index (χ1n) is 8.18. The molecule has 1 atom stereocenters. The number of halogens is 2. The van der Waals surface area contributed by atoms with E-state index in [1.165, 1.54) is 6.07 Å². The summed E-state index contributed by atoms with van der Waals surface area (Å²) in [7, 11) is 0. The first-order valence-corrected chi connectivity index (χ1v) is 8.18. The fourth-order valence-electron chi connectivity index (χ4n) is 3.34. The molecule has 1 aromatic carbocycles. The third-order valence-corrected chi connectivity index (χ3v) is 4.80. The van der Waals surface area contributed by atoms with Crippen molar-refractivity contribution in [3.8, 4) is 0 Å². The summed E-state index contributed by atoms with van der Waals surface area (Å²) < 4.78 is 31.9. The minimum absolute atomic E-state index is 0.105. The van der Waals surface area contributed by atoms with Gasteiger partial charge in [0.15, 0.2) is 0 Å². The summed E-state index contributed by atoms with van der Waals surface area (Å²) in [5, 5.41) is 2.77. The highest BCUT2D eigenvalue weighted by Crippen LogP contribution is 2.22. The Morgan fingerprint density at radius 2 is 2.04 bits per heavy atom. The molecular weight excluding hydrogens is 302 g/mol. The van der Waals surface area contributed by atoms with Crippen molar-refractivity contribution in [2.45, 2.75) is 25.3 Å². The molecule has 23 heavy (non-hydrogen) atoms. The van der Waals surface area contributed by atoms with Crippen LogP contribution in [-0.2, 0) is 4.74 Å². The molecule has 0 radical (unpaired) electrons.